The zero-order valence-electron chi connectivity index (χ0n) is 18.4. The smallest absolute Gasteiger partial charge is 0.254 e. The van der Waals surface area contributed by atoms with Gasteiger partial charge in [0.15, 0.2) is 0 Å². The van der Waals surface area contributed by atoms with E-state index >= 15 is 0 Å². The van der Waals surface area contributed by atoms with E-state index in [0.717, 1.165) is 39.6 Å². The molecule has 0 radical (unpaired) electrons. The molecule has 0 spiro atoms. The molecule has 2 heterocycles. The summed E-state index contributed by atoms with van der Waals surface area (Å²) < 4.78 is 20.9. The zero-order chi connectivity index (χ0) is 23.1. The lowest BCUT2D eigenvalue weighted by Gasteiger charge is -2.19. The number of fused-ring (bicyclic) bond motifs is 1. The predicted octanol–water partition coefficient (Wildman–Crippen LogP) is 4.02. The van der Waals surface area contributed by atoms with Crippen LogP contribution in [0.25, 0.3) is 22.0 Å². The van der Waals surface area contributed by atoms with Crippen molar-refractivity contribution in [2.45, 2.75) is 32.4 Å². The first-order chi connectivity index (χ1) is 15.9. The molecule has 1 saturated carbocycles. The van der Waals surface area contributed by atoms with Crippen LogP contribution in [0.3, 0.4) is 0 Å². The maximum absolute atomic E-state index is 13.8. The summed E-state index contributed by atoms with van der Waals surface area (Å²) in [5.41, 5.74) is 4.09. The third kappa shape index (κ3) is 4.11. The number of nitrogens with zero attached hydrogens (tertiary/aromatic N) is 3. The topological polar surface area (TPSA) is 82.3 Å². The molecule has 1 aliphatic rings. The Balaban J connectivity index is 1.44. The van der Waals surface area contributed by atoms with Gasteiger partial charge in [0, 0.05) is 29.8 Å². The van der Waals surface area contributed by atoms with Crippen LogP contribution < -0.4 is 9.47 Å². The van der Waals surface area contributed by atoms with Crippen molar-refractivity contribution in [2.75, 3.05) is 7.05 Å². The number of nitrogens with one attached hydrogen (secondary N) is 1. The molecule has 0 saturated heterocycles. The molecule has 1 fully saturated rings. The molecule has 2 aromatic heterocycles. The summed E-state index contributed by atoms with van der Waals surface area (Å²) in [4.78, 5) is 14.8. The lowest BCUT2D eigenvalue weighted by atomic mass is 10.0. The van der Waals surface area contributed by atoms with Crippen LogP contribution in [0.2, 0.25) is 0 Å². The average Bonchev–Trinajstić information content (AvgIpc) is 3.47. The number of halogens is 1. The molecule has 4 aromatic rings. The molecule has 1 amide bonds. The highest BCUT2D eigenvalue weighted by molar-refractivity contribution is 5.95. The Morgan fingerprint density at radius 3 is 2.88 bits per heavy atom. The monoisotopic (exact) mass is 447 g/mol. The zero-order valence-corrected chi connectivity index (χ0v) is 18.4. The van der Waals surface area contributed by atoms with Crippen LogP contribution in [0.4, 0.5) is 4.39 Å². The van der Waals surface area contributed by atoms with Crippen molar-refractivity contribution >= 4 is 16.8 Å². The number of pyridine rings is 1. The number of carbonyl (C=O) groups excluding carboxylic acids is 1. The van der Waals surface area contributed by atoms with Gasteiger partial charge >= 0.3 is 0 Å². The Morgan fingerprint density at radius 2 is 2.12 bits per heavy atom. The van der Waals surface area contributed by atoms with Gasteiger partial charge in [-0.2, -0.15) is 5.10 Å². The SMILES string of the molecule is Cc1c2cn[nH]c2c(CN(C)C(=O)c2ccc(-c3cccc(F)c3)c(OC3CC3)c2)c[n+]1O. The normalized spacial score (nSPS) is 13.3. The molecule has 5 rings (SSSR count). The summed E-state index contributed by atoms with van der Waals surface area (Å²) in [6.07, 6.45) is 5.29. The summed E-state index contributed by atoms with van der Waals surface area (Å²) >= 11 is 0. The van der Waals surface area contributed by atoms with Gasteiger partial charge in [0.2, 0.25) is 11.9 Å². The molecule has 2 aromatic carbocycles. The number of ether oxygens (including phenoxy) is 1. The number of aromatic amines is 1. The minimum Gasteiger partial charge on any atom is -0.490 e. The second kappa shape index (κ2) is 8.20. The lowest BCUT2D eigenvalue weighted by molar-refractivity contribution is -0.908. The van der Waals surface area contributed by atoms with Gasteiger partial charge in [-0.15, -0.1) is 0 Å². The first kappa shape index (κ1) is 20.9. The fourth-order valence-electron chi connectivity index (χ4n) is 3.92. The number of aromatic nitrogens is 3. The van der Waals surface area contributed by atoms with Gasteiger partial charge in [0.1, 0.15) is 11.6 Å². The number of H-pyrrole nitrogens is 1. The first-order valence-electron chi connectivity index (χ1n) is 10.8. The average molecular weight is 447 g/mol. The highest BCUT2D eigenvalue weighted by atomic mass is 19.1. The van der Waals surface area contributed by atoms with Gasteiger partial charge in [-0.25, -0.2) is 4.39 Å². The van der Waals surface area contributed by atoms with E-state index in [1.165, 1.54) is 12.1 Å². The first-order valence-corrected chi connectivity index (χ1v) is 10.8. The molecule has 0 bridgehead atoms. The molecular weight excluding hydrogens is 423 g/mol. The van der Waals surface area contributed by atoms with Gasteiger partial charge in [0.05, 0.1) is 35.3 Å². The van der Waals surface area contributed by atoms with Gasteiger partial charge in [-0.05, 0) is 48.7 Å². The second-order valence-electron chi connectivity index (χ2n) is 8.44. The van der Waals surface area contributed by atoms with E-state index in [1.807, 2.05) is 6.07 Å². The summed E-state index contributed by atoms with van der Waals surface area (Å²) in [6.45, 7) is 2.06. The van der Waals surface area contributed by atoms with Crippen LogP contribution in [0.5, 0.6) is 5.75 Å². The van der Waals surface area contributed by atoms with Crippen molar-refractivity contribution in [1.82, 2.24) is 15.1 Å². The number of carbonyl (C=O) groups is 1. The molecule has 7 nitrogen and oxygen atoms in total. The van der Waals surface area contributed by atoms with E-state index in [0.29, 0.717) is 22.6 Å². The number of rotatable bonds is 6. The molecule has 1 aliphatic carbocycles. The summed E-state index contributed by atoms with van der Waals surface area (Å²) in [6, 6.07) is 11.6. The Labute approximate surface area is 190 Å². The second-order valence-corrected chi connectivity index (χ2v) is 8.44. The van der Waals surface area contributed by atoms with Gasteiger partial charge in [-0.1, -0.05) is 12.1 Å². The van der Waals surface area contributed by atoms with Crippen molar-refractivity contribution in [2.24, 2.45) is 0 Å². The maximum atomic E-state index is 13.8. The minimum absolute atomic E-state index is 0.126. The third-order valence-electron chi connectivity index (χ3n) is 5.91. The van der Waals surface area contributed by atoms with E-state index in [2.05, 4.69) is 10.2 Å². The maximum Gasteiger partial charge on any atom is 0.254 e. The van der Waals surface area contributed by atoms with Gasteiger partial charge in [-0.3, -0.25) is 15.1 Å². The van der Waals surface area contributed by atoms with Crippen LogP contribution in [0, 0.1) is 12.7 Å². The number of amides is 1. The van der Waals surface area contributed by atoms with Crippen molar-refractivity contribution < 1.29 is 23.9 Å². The Morgan fingerprint density at radius 1 is 1.30 bits per heavy atom. The van der Waals surface area contributed by atoms with E-state index < -0.39 is 0 Å². The number of aryl methyl sites for hydroxylation is 1. The Hall–Kier alpha value is -3.94. The standard InChI is InChI=1S/C25H23FN4O3/c1-15-22-12-27-28-24(22)18(14-30(15)32)13-29(2)25(31)17-6-9-21(16-4-3-5-19(26)10-16)23(11-17)33-20-7-8-20/h3-6,9-12,14,20,32H,7-8,13H2,1-2H3/p+1. The van der Waals surface area contributed by atoms with Crippen LogP contribution in [0.15, 0.2) is 54.9 Å². The molecular formula is C25H24FN4O3+. The van der Waals surface area contributed by atoms with E-state index in [4.69, 9.17) is 4.74 Å². The summed E-state index contributed by atoms with van der Waals surface area (Å²) in [5, 5.41) is 18.0. The van der Waals surface area contributed by atoms with Crippen molar-refractivity contribution in [3.05, 3.63) is 77.5 Å². The highest BCUT2D eigenvalue weighted by Gasteiger charge is 2.26. The molecule has 8 heteroatoms. The molecule has 2 N–H and O–H groups in total. The van der Waals surface area contributed by atoms with Crippen LogP contribution in [-0.4, -0.2) is 39.4 Å². The molecule has 0 aliphatic heterocycles. The number of hydrogen-bond donors (Lipinski definition) is 2. The molecule has 0 unspecified atom stereocenters. The fourth-order valence-corrected chi connectivity index (χ4v) is 3.92. The minimum atomic E-state index is -0.325. The largest absolute Gasteiger partial charge is 0.490 e. The predicted molar refractivity (Wildman–Crippen MR) is 119 cm³/mol. The summed E-state index contributed by atoms with van der Waals surface area (Å²) in [5.74, 6) is 0.0510. The van der Waals surface area contributed by atoms with Crippen LogP contribution in [0.1, 0.15) is 34.5 Å². The van der Waals surface area contributed by atoms with Gasteiger partial charge < -0.3 is 9.64 Å². The van der Waals surface area contributed by atoms with Crippen molar-refractivity contribution in [3.63, 3.8) is 0 Å². The molecule has 0 atom stereocenters. The van der Waals surface area contributed by atoms with Crippen molar-refractivity contribution in [3.8, 4) is 16.9 Å². The van der Waals surface area contributed by atoms with E-state index in [9.17, 15) is 14.4 Å². The summed E-state index contributed by atoms with van der Waals surface area (Å²) in [7, 11) is 1.70. The van der Waals surface area contributed by atoms with E-state index in [-0.39, 0.29) is 24.4 Å². The van der Waals surface area contributed by atoms with E-state index in [1.54, 1.807) is 55.5 Å². The Bertz CT molecular complexity index is 1360. The van der Waals surface area contributed by atoms with Crippen molar-refractivity contribution in [1.29, 1.82) is 0 Å². The highest BCUT2D eigenvalue weighted by Crippen LogP contribution is 2.36. The molecule has 33 heavy (non-hydrogen) atoms. The number of hydrogen-bond acceptors (Lipinski definition) is 4. The van der Waals surface area contributed by atoms with Crippen LogP contribution in [-0.2, 0) is 6.54 Å². The van der Waals surface area contributed by atoms with Crippen LogP contribution >= 0.6 is 0 Å². The van der Waals surface area contributed by atoms with Gasteiger partial charge in [0.25, 0.3) is 5.91 Å². The molecule has 168 valence electrons. The third-order valence-corrected chi connectivity index (χ3v) is 5.91. The Kier molecular flexibility index (Phi) is 5.20. The lowest BCUT2D eigenvalue weighted by Crippen LogP contribution is -2.35. The quantitative estimate of drug-likeness (QED) is 0.346. The fraction of sp³-hybridized carbons (Fsp3) is 0.240. The number of benzene rings is 2.